The smallest absolute Gasteiger partial charge is 0.188 e. The molecule has 1 N–H and O–H groups in total. The zero-order valence-corrected chi connectivity index (χ0v) is 10.00. The number of nitrogens with one attached hydrogen (secondary N) is 1. The first-order valence-electron chi connectivity index (χ1n) is 4.82. The van der Waals surface area contributed by atoms with E-state index in [4.69, 9.17) is 0 Å². The van der Waals surface area contributed by atoms with Crippen molar-refractivity contribution < 1.29 is 0 Å². The van der Waals surface area contributed by atoms with E-state index in [0.717, 1.165) is 17.7 Å². The van der Waals surface area contributed by atoms with Crippen LogP contribution >= 0.6 is 15.9 Å². The summed E-state index contributed by atoms with van der Waals surface area (Å²) in [6.45, 7) is 1.73. The van der Waals surface area contributed by atoms with E-state index in [1.165, 1.54) is 24.1 Å². The molecule has 0 bridgehead atoms. The van der Waals surface area contributed by atoms with Crippen molar-refractivity contribution in [2.24, 2.45) is 7.05 Å². The molecule has 1 rings (SSSR count). The van der Waals surface area contributed by atoms with E-state index in [9.17, 15) is 0 Å². The largest absolute Gasteiger partial charge is 0.310 e. The van der Waals surface area contributed by atoms with Gasteiger partial charge in [-0.25, -0.2) is 0 Å². The van der Waals surface area contributed by atoms with Gasteiger partial charge in [0.1, 0.15) is 0 Å². The second kappa shape index (κ2) is 6.89. The maximum absolute atomic E-state index is 4.07. The minimum Gasteiger partial charge on any atom is -0.310 e. The molecule has 80 valence electrons. The minimum atomic E-state index is 0.710. The number of alkyl halides is 1. The molecule has 1 heterocycles. The summed E-state index contributed by atoms with van der Waals surface area (Å²) >= 11 is 3.41. The van der Waals surface area contributed by atoms with E-state index in [0.29, 0.717) is 6.54 Å². The maximum atomic E-state index is 4.07. The van der Waals surface area contributed by atoms with Gasteiger partial charge >= 0.3 is 0 Å². The number of hydrogen-bond acceptors (Lipinski definition) is 4. The molecule has 0 aromatic carbocycles. The van der Waals surface area contributed by atoms with Crippen LogP contribution in [0.2, 0.25) is 0 Å². The number of halogens is 1. The summed E-state index contributed by atoms with van der Waals surface area (Å²) in [6.07, 6.45) is 3.70. The first kappa shape index (κ1) is 11.6. The van der Waals surface area contributed by atoms with E-state index in [-0.39, 0.29) is 0 Å². The Kier molecular flexibility index (Phi) is 5.70. The number of tetrazole rings is 1. The molecule has 0 fully saturated rings. The SMILES string of the molecule is Cn1nnc(CNCCCCCBr)n1. The Morgan fingerprint density at radius 1 is 1.36 bits per heavy atom. The quantitative estimate of drug-likeness (QED) is 0.585. The summed E-state index contributed by atoms with van der Waals surface area (Å²) in [5, 5.41) is 16.1. The monoisotopic (exact) mass is 261 g/mol. The van der Waals surface area contributed by atoms with Crippen molar-refractivity contribution in [3.63, 3.8) is 0 Å². The van der Waals surface area contributed by atoms with Crippen LogP contribution in [0.1, 0.15) is 25.1 Å². The minimum absolute atomic E-state index is 0.710. The molecule has 0 amide bonds. The molecule has 1 aromatic heterocycles. The van der Waals surface area contributed by atoms with Crippen molar-refractivity contribution in [3.8, 4) is 0 Å². The zero-order chi connectivity index (χ0) is 10.2. The number of rotatable bonds is 7. The lowest BCUT2D eigenvalue weighted by Crippen LogP contribution is -2.15. The summed E-state index contributed by atoms with van der Waals surface area (Å²) in [5.74, 6) is 0.757. The average molecular weight is 262 g/mol. The predicted molar refractivity (Wildman–Crippen MR) is 58.1 cm³/mol. The molecule has 0 radical (unpaired) electrons. The molecule has 0 saturated carbocycles. The summed E-state index contributed by atoms with van der Waals surface area (Å²) < 4.78 is 0. The topological polar surface area (TPSA) is 55.6 Å². The van der Waals surface area contributed by atoms with E-state index in [2.05, 4.69) is 36.7 Å². The van der Waals surface area contributed by atoms with Crippen LogP contribution in [0.4, 0.5) is 0 Å². The van der Waals surface area contributed by atoms with E-state index < -0.39 is 0 Å². The molecule has 0 saturated heterocycles. The van der Waals surface area contributed by atoms with Gasteiger partial charge < -0.3 is 5.32 Å². The second-order valence-corrected chi connectivity index (χ2v) is 3.91. The standard InChI is InChI=1S/C8H16BrN5/c1-14-12-8(11-13-14)7-10-6-4-2-3-5-9/h10H,2-7H2,1H3. The summed E-state index contributed by atoms with van der Waals surface area (Å²) in [5.41, 5.74) is 0. The number of nitrogens with zero attached hydrogens (tertiary/aromatic N) is 4. The van der Waals surface area contributed by atoms with E-state index >= 15 is 0 Å². The highest BCUT2D eigenvalue weighted by atomic mass is 79.9. The Morgan fingerprint density at radius 3 is 2.86 bits per heavy atom. The van der Waals surface area contributed by atoms with Crippen LogP contribution < -0.4 is 5.32 Å². The third-order valence-electron chi connectivity index (χ3n) is 1.82. The lowest BCUT2D eigenvalue weighted by Gasteiger charge is -2.00. The Labute approximate surface area is 92.4 Å². The van der Waals surface area contributed by atoms with Gasteiger partial charge in [-0.2, -0.15) is 4.80 Å². The molecule has 0 aliphatic rings. The highest BCUT2D eigenvalue weighted by Crippen LogP contribution is 1.97. The van der Waals surface area contributed by atoms with Gasteiger partial charge in [-0.1, -0.05) is 22.4 Å². The fraction of sp³-hybridized carbons (Fsp3) is 0.875. The van der Waals surface area contributed by atoms with Gasteiger partial charge in [0.05, 0.1) is 13.6 Å². The number of aryl methyl sites for hydroxylation is 1. The van der Waals surface area contributed by atoms with Crippen LogP contribution in [0, 0.1) is 0 Å². The fourth-order valence-electron chi connectivity index (χ4n) is 1.12. The van der Waals surface area contributed by atoms with Crippen LogP contribution in [0.5, 0.6) is 0 Å². The number of unbranched alkanes of at least 4 members (excludes halogenated alkanes) is 2. The van der Waals surface area contributed by atoms with Crippen molar-refractivity contribution in [1.82, 2.24) is 25.5 Å². The zero-order valence-electron chi connectivity index (χ0n) is 8.41. The normalized spacial score (nSPS) is 10.7. The molecule has 0 atom stereocenters. The number of hydrogen-bond donors (Lipinski definition) is 1. The first-order chi connectivity index (χ1) is 6.83. The number of aromatic nitrogens is 4. The summed E-state index contributed by atoms with van der Waals surface area (Å²) in [4.78, 5) is 1.47. The molecule has 0 aliphatic carbocycles. The van der Waals surface area contributed by atoms with Crippen molar-refractivity contribution in [2.75, 3.05) is 11.9 Å². The van der Waals surface area contributed by atoms with Crippen LogP contribution in [0.25, 0.3) is 0 Å². The summed E-state index contributed by atoms with van der Waals surface area (Å²) in [7, 11) is 1.77. The molecule has 0 aliphatic heterocycles. The Hall–Kier alpha value is -0.490. The van der Waals surface area contributed by atoms with Crippen molar-refractivity contribution >= 4 is 15.9 Å². The third kappa shape index (κ3) is 4.66. The first-order valence-corrected chi connectivity index (χ1v) is 5.94. The predicted octanol–water partition coefficient (Wildman–Crippen LogP) is 0.865. The van der Waals surface area contributed by atoms with Crippen LogP contribution in [0.3, 0.4) is 0 Å². The van der Waals surface area contributed by atoms with Crippen LogP contribution in [-0.4, -0.2) is 32.1 Å². The molecule has 0 spiro atoms. The van der Waals surface area contributed by atoms with Crippen LogP contribution in [-0.2, 0) is 13.6 Å². The van der Waals surface area contributed by atoms with Crippen molar-refractivity contribution in [2.45, 2.75) is 25.8 Å². The Balaban J connectivity index is 1.99. The Morgan fingerprint density at radius 2 is 2.21 bits per heavy atom. The van der Waals surface area contributed by atoms with E-state index in [1.54, 1.807) is 7.05 Å². The van der Waals surface area contributed by atoms with Crippen molar-refractivity contribution in [1.29, 1.82) is 0 Å². The van der Waals surface area contributed by atoms with Gasteiger partial charge in [-0.3, -0.25) is 0 Å². The molecule has 0 unspecified atom stereocenters. The van der Waals surface area contributed by atoms with Crippen LogP contribution in [0.15, 0.2) is 0 Å². The lowest BCUT2D eigenvalue weighted by atomic mass is 10.2. The van der Waals surface area contributed by atoms with Gasteiger partial charge in [-0.05, 0) is 24.6 Å². The van der Waals surface area contributed by atoms with Gasteiger partial charge in [0.2, 0.25) is 0 Å². The fourth-order valence-corrected chi connectivity index (χ4v) is 1.51. The van der Waals surface area contributed by atoms with Gasteiger partial charge in [0.15, 0.2) is 5.82 Å². The average Bonchev–Trinajstić information content (AvgIpc) is 2.58. The molecule has 1 aromatic rings. The molecule has 5 nitrogen and oxygen atoms in total. The second-order valence-electron chi connectivity index (χ2n) is 3.12. The van der Waals surface area contributed by atoms with Crippen molar-refractivity contribution in [3.05, 3.63) is 5.82 Å². The molecule has 6 heteroatoms. The highest BCUT2D eigenvalue weighted by Gasteiger charge is 1.98. The van der Waals surface area contributed by atoms with Gasteiger partial charge in [-0.15, -0.1) is 10.2 Å². The molecule has 14 heavy (non-hydrogen) atoms. The third-order valence-corrected chi connectivity index (χ3v) is 2.38. The molecular weight excluding hydrogens is 246 g/mol. The van der Waals surface area contributed by atoms with E-state index in [1.807, 2.05) is 0 Å². The van der Waals surface area contributed by atoms with Gasteiger partial charge in [0.25, 0.3) is 0 Å². The molecular formula is C8H16BrN5. The lowest BCUT2D eigenvalue weighted by molar-refractivity contribution is 0.597. The maximum Gasteiger partial charge on any atom is 0.188 e. The Bertz CT molecular complexity index is 250. The summed E-state index contributed by atoms with van der Waals surface area (Å²) in [6, 6.07) is 0. The highest BCUT2D eigenvalue weighted by molar-refractivity contribution is 9.09. The van der Waals surface area contributed by atoms with Gasteiger partial charge in [0, 0.05) is 5.33 Å².